The van der Waals surface area contributed by atoms with Gasteiger partial charge in [-0.1, -0.05) is 32.0 Å². The van der Waals surface area contributed by atoms with Crippen molar-refractivity contribution in [3.63, 3.8) is 0 Å². The molecule has 0 radical (unpaired) electrons. The molecule has 0 aliphatic heterocycles. The van der Waals surface area contributed by atoms with Gasteiger partial charge < -0.3 is 15.5 Å². The van der Waals surface area contributed by atoms with Crippen LogP contribution in [0.1, 0.15) is 38.3 Å². The van der Waals surface area contributed by atoms with Gasteiger partial charge in [-0.05, 0) is 30.9 Å². The number of esters is 1. The topological polar surface area (TPSA) is 68.1 Å². The minimum absolute atomic E-state index is 0.137. The molecule has 4 nitrogen and oxygen atoms in total. The smallest absolute Gasteiger partial charge is 0.305 e. The van der Waals surface area contributed by atoms with E-state index in [-0.39, 0.29) is 12.0 Å². The van der Waals surface area contributed by atoms with E-state index < -0.39 is 0 Å². The van der Waals surface area contributed by atoms with Crippen molar-refractivity contribution in [1.29, 1.82) is 0 Å². The van der Waals surface area contributed by atoms with Crippen molar-refractivity contribution in [1.82, 2.24) is 4.98 Å². The second kappa shape index (κ2) is 8.47. The zero-order chi connectivity index (χ0) is 15.8. The van der Waals surface area contributed by atoms with Gasteiger partial charge in [-0.15, -0.1) is 0 Å². The third kappa shape index (κ3) is 4.60. The molecule has 0 spiro atoms. The van der Waals surface area contributed by atoms with Crippen LogP contribution in [0.2, 0.25) is 0 Å². The van der Waals surface area contributed by atoms with Crippen molar-refractivity contribution in [2.45, 2.75) is 46.1 Å². The largest absolute Gasteiger partial charge is 0.469 e. The Bertz CT molecular complexity index is 573. The summed E-state index contributed by atoms with van der Waals surface area (Å²) in [6.07, 6.45) is 3.94. The van der Waals surface area contributed by atoms with Gasteiger partial charge >= 0.3 is 5.97 Å². The molecule has 1 atom stereocenters. The number of carbonyl (C=O) groups is 1. The van der Waals surface area contributed by atoms with Gasteiger partial charge in [-0.2, -0.15) is 0 Å². The molecule has 4 heteroatoms. The number of fused-ring (bicyclic) bond motifs is 1. The number of methoxy groups -OCH3 is 1. The highest BCUT2D eigenvalue weighted by Crippen LogP contribution is 2.23. The molecule has 1 aromatic carbocycles. The molecule has 116 valence electrons. The number of hydrogen-bond donors (Lipinski definition) is 2. The van der Waals surface area contributed by atoms with Crippen LogP contribution >= 0.6 is 0 Å². The van der Waals surface area contributed by atoms with E-state index in [1.807, 2.05) is 39.1 Å². The zero-order valence-electron chi connectivity index (χ0n) is 13.4. The number of carbonyl (C=O) groups excluding carboxylic acids is 1. The van der Waals surface area contributed by atoms with E-state index in [0.29, 0.717) is 12.8 Å². The fourth-order valence-corrected chi connectivity index (χ4v) is 2.34. The standard InChI is InChI=1S/C15H20N2O2.C2H6/c1-10(16)8-12-9-17-15-11(4-3-5-13(12)15)6-7-14(18)19-2;1-2/h3-5,9-10,17H,6-8,16H2,1-2H3;1-2H3. The number of hydrogen-bond acceptors (Lipinski definition) is 3. The summed E-state index contributed by atoms with van der Waals surface area (Å²) >= 11 is 0. The van der Waals surface area contributed by atoms with Crippen LogP contribution in [0.5, 0.6) is 0 Å². The second-order valence-electron chi connectivity index (χ2n) is 4.91. The molecule has 21 heavy (non-hydrogen) atoms. The monoisotopic (exact) mass is 290 g/mol. The molecule has 0 saturated carbocycles. The van der Waals surface area contributed by atoms with Crippen LogP contribution in [-0.4, -0.2) is 24.1 Å². The number of benzene rings is 1. The van der Waals surface area contributed by atoms with Gasteiger partial charge in [0.15, 0.2) is 0 Å². The molecule has 0 amide bonds. The molecule has 0 saturated heterocycles. The summed E-state index contributed by atoms with van der Waals surface area (Å²) < 4.78 is 4.68. The van der Waals surface area contributed by atoms with E-state index in [0.717, 1.165) is 17.5 Å². The Labute approximate surface area is 126 Å². The Balaban J connectivity index is 0.00000106. The van der Waals surface area contributed by atoms with Crippen LogP contribution in [-0.2, 0) is 22.4 Å². The number of ether oxygens (including phenoxy) is 1. The minimum atomic E-state index is -0.181. The maximum absolute atomic E-state index is 11.2. The second-order valence-corrected chi connectivity index (χ2v) is 4.91. The van der Waals surface area contributed by atoms with Gasteiger partial charge in [0, 0.05) is 29.6 Å². The number of aryl methyl sites for hydroxylation is 1. The van der Waals surface area contributed by atoms with Gasteiger partial charge in [-0.3, -0.25) is 4.79 Å². The molecule has 2 aromatic rings. The van der Waals surface area contributed by atoms with Gasteiger partial charge in [0.2, 0.25) is 0 Å². The first kappa shape index (κ1) is 17.2. The molecule has 3 N–H and O–H groups in total. The lowest BCUT2D eigenvalue weighted by Gasteiger charge is -2.05. The summed E-state index contributed by atoms with van der Waals surface area (Å²) in [6, 6.07) is 6.29. The van der Waals surface area contributed by atoms with Crippen molar-refractivity contribution in [2.24, 2.45) is 5.73 Å². The maximum atomic E-state index is 11.2. The van der Waals surface area contributed by atoms with Gasteiger partial charge in [0.1, 0.15) is 0 Å². The Hall–Kier alpha value is -1.81. The van der Waals surface area contributed by atoms with Gasteiger partial charge in [0.25, 0.3) is 0 Å². The van der Waals surface area contributed by atoms with E-state index in [2.05, 4.69) is 15.8 Å². The van der Waals surface area contributed by atoms with Crippen molar-refractivity contribution >= 4 is 16.9 Å². The number of H-pyrrole nitrogens is 1. The summed E-state index contributed by atoms with van der Waals surface area (Å²) in [5.41, 5.74) is 9.32. The summed E-state index contributed by atoms with van der Waals surface area (Å²) in [5.74, 6) is -0.181. The Morgan fingerprint density at radius 3 is 2.67 bits per heavy atom. The van der Waals surface area contributed by atoms with Crippen LogP contribution in [0.15, 0.2) is 24.4 Å². The first-order chi connectivity index (χ1) is 10.1. The molecule has 2 rings (SSSR count). The Kier molecular flexibility index (Phi) is 6.96. The van der Waals surface area contributed by atoms with Crippen LogP contribution in [0.25, 0.3) is 10.9 Å². The van der Waals surface area contributed by atoms with Crippen LogP contribution in [0.4, 0.5) is 0 Å². The number of aromatic amines is 1. The zero-order valence-corrected chi connectivity index (χ0v) is 13.4. The number of nitrogens with one attached hydrogen (secondary N) is 1. The third-order valence-corrected chi connectivity index (χ3v) is 3.26. The summed E-state index contributed by atoms with van der Waals surface area (Å²) in [7, 11) is 1.41. The molecule has 0 aliphatic carbocycles. The number of para-hydroxylation sites is 1. The molecule has 0 fully saturated rings. The first-order valence-electron chi connectivity index (χ1n) is 7.52. The normalized spacial score (nSPS) is 11.7. The predicted octanol–water partition coefficient (Wildman–Crippen LogP) is 3.19. The molecular weight excluding hydrogens is 264 g/mol. The SMILES string of the molecule is CC.COC(=O)CCc1cccc2c(CC(C)N)c[nH]c12. The summed E-state index contributed by atoms with van der Waals surface area (Å²) in [6.45, 7) is 6.00. The van der Waals surface area contributed by atoms with Crippen molar-refractivity contribution in [3.8, 4) is 0 Å². The molecule has 0 bridgehead atoms. The first-order valence-corrected chi connectivity index (χ1v) is 7.52. The minimum Gasteiger partial charge on any atom is -0.469 e. The number of aromatic nitrogens is 1. The van der Waals surface area contributed by atoms with E-state index in [1.54, 1.807) is 0 Å². The lowest BCUT2D eigenvalue weighted by atomic mass is 10.0. The van der Waals surface area contributed by atoms with Gasteiger partial charge in [-0.25, -0.2) is 0 Å². The van der Waals surface area contributed by atoms with E-state index in [4.69, 9.17) is 5.73 Å². The summed E-state index contributed by atoms with van der Waals surface area (Å²) in [5, 5.41) is 1.19. The van der Waals surface area contributed by atoms with Crippen molar-refractivity contribution < 1.29 is 9.53 Å². The Morgan fingerprint density at radius 1 is 1.33 bits per heavy atom. The average Bonchev–Trinajstić information content (AvgIpc) is 2.90. The predicted molar refractivity (Wildman–Crippen MR) is 87.3 cm³/mol. The van der Waals surface area contributed by atoms with Crippen LogP contribution in [0.3, 0.4) is 0 Å². The Morgan fingerprint density at radius 2 is 2.05 bits per heavy atom. The van der Waals surface area contributed by atoms with E-state index in [1.165, 1.54) is 18.1 Å². The van der Waals surface area contributed by atoms with Crippen molar-refractivity contribution in [3.05, 3.63) is 35.5 Å². The lowest BCUT2D eigenvalue weighted by Crippen LogP contribution is -2.17. The highest BCUT2D eigenvalue weighted by Gasteiger charge is 2.10. The fraction of sp³-hybridized carbons (Fsp3) is 0.471. The molecule has 0 aliphatic rings. The van der Waals surface area contributed by atoms with Crippen molar-refractivity contribution in [2.75, 3.05) is 7.11 Å². The number of rotatable bonds is 5. The third-order valence-electron chi connectivity index (χ3n) is 3.26. The molecular formula is C17H26N2O2. The summed E-state index contributed by atoms with van der Waals surface area (Å²) in [4.78, 5) is 14.5. The molecule has 1 heterocycles. The maximum Gasteiger partial charge on any atom is 0.305 e. The number of nitrogens with two attached hydrogens (primary N) is 1. The fourth-order valence-electron chi connectivity index (χ4n) is 2.34. The average molecular weight is 290 g/mol. The van der Waals surface area contributed by atoms with Crippen LogP contribution < -0.4 is 5.73 Å². The lowest BCUT2D eigenvalue weighted by molar-refractivity contribution is -0.140. The highest BCUT2D eigenvalue weighted by atomic mass is 16.5. The highest BCUT2D eigenvalue weighted by molar-refractivity contribution is 5.86. The van der Waals surface area contributed by atoms with Gasteiger partial charge in [0.05, 0.1) is 7.11 Å². The quantitative estimate of drug-likeness (QED) is 0.831. The van der Waals surface area contributed by atoms with E-state index >= 15 is 0 Å². The molecule has 1 unspecified atom stereocenters. The van der Waals surface area contributed by atoms with E-state index in [9.17, 15) is 4.79 Å². The van der Waals surface area contributed by atoms with Crippen LogP contribution in [0, 0.1) is 0 Å². The molecule has 1 aromatic heterocycles.